The third kappa shape index (κ3) is 2.84. The summed E-state index contributed by atoms with van der Waals surface area (Å²) in [7, 11) is 1.80. The van der Waals surface area contributed by atoms with Gasteiger partial charge in [0.1, 0.15) is 11.6 Å². The smallest absolute Gasteiger partial charge is 0.128 e. The molecule has 0 heterocycles. The highest BCUT2D eigenvalue weighted by molar-refractivity contribution is 5.68. The van der Waals surface area contributed by atoms with Gasteiger partial charge in [0.15, 0.2) is 0 Å². The van der Waals surface area contributed by atoms with Gasteiger partial charge in [0.05, 0.1) is 11.4 Å². The average molecular weight is 262 g/mol. The molecule has 2 aromatic carbocycles. The second-order valence-corrected chi connectivity index (χ2v) is 4.61. The Bertz CT molecular complexity index is 597. The van der Waals surface area contributed by atoms with Crippen LogP contribution in [0.2, 0.25) is 0 Å². The number of nitrogen functional groups attached to an aromatic ring is 1. The Hall–Kier alpha value is -2.10. The number of aryl methyl sites for hydroxylation is 1. The average Bonchev–Trinajstić information content (AvgIpc) is 2.36. The number of nitrogens with zero attached hydrogens (tertiary/aromatic N) is 1. The number of hydrogen-bond acceptors (Lipinski definition) is 2. The molecule has 0 saturated carbocycles. The molecule has 0 spiro atoms. The molecular formula is C15H16F2N2. The Kier molecular flexibility index (Phi) is 3.69. The molecule has 0 amide bonds. The summed E-state index contributed by atoms with van der Waals surface area (Å²) in [6.45, 7) is 2.05. The van der Waals surface area contributed by atoms with Gasteiger partial charge >= 0.3 is 0 Å². The van der Waals surface area contributed by atoms with E-state index in [2.05, 4.69) is 0 Å². The minimum absolute atomic E-state index is 0.258. The lowest BCUT2D eigenvalue weighted by Gasteiger charge is -2.22. The number of benzene rings is 2. The zero-order valence-corrected chi connectivity index (χ0v) is 11.0. The molecule has 100 valence electrons. The van der Waals surface area contributed by atoms with Gasteiger partial charge in [-0.15, -0.1) is 0 Å². The number of rotatable bonds is 3. The quantitative estimate of drug-likeness (QED) is 0.858. The Morgan fingerprint density at radius 1 is 1.11 bits per heavy atom. The van der Waals surface area contributed by atoms with Crippen molar-refractivity contribution in [3.63, 3.8) is 0 Å². The van der Waals surface area contributed by atoms with Crippen LogP contribution in [0.15, 0.2) is 36.4 Å². The van der Waals surface area contributed by atoms with E-state index in [4.69, 9.17) is 5.73 Å². The second kappa shape index (κ2) is 5.26. The molecule has 19 heavy (non-hydrogen) atoms. The fourth-order valence-electron chi connectivity index (χ4n) is 1.98. The molecule has 0 aromatic heterocycles. The molecule has 2 nitrogen and oxygen atoms in total. The predicted octanol–water partition coefficient (Wildman–Crippen LogP) is 3.49. The highest BCUT2D eigenvalue weighted by atomic mass is 19.1. The van der Waals surface area contributed by atoms with Gasteiger partial charge in [-0.25, -0.2) is 8.78 Å². The van der Waals surface area contributed by atoms with Crippen LogP contribution >= 0.6 is 0 Å². The molecule has 0 fully saturated rings. The van der Waals surface area contributed by atoms with Gasteiger partial charge in [0.25, 0.3) is 0 Å². The minimum Gasteiger partial charge on any atom is -0.397 e. The second-order valence-electron chi connectivity index (χ2n) is 4.61. The Balaban J connectivity index is 2.28. The lowest BCUT2D eigenvalue weighted by Crippen LogP contribution is -2.19. The first-order chi connectivity index (χ1) is 8.99. The SMILES string of the molecule is Cc1cc(N(C)Cc2ccccc2F)c(N)cc1F. The lowest BCUT2D eigenvalue weighted by molar-refractivity contribution is 0.607. The zero-order valence-electron chi connectivity index (χ0n) is 11.0. The first kappa shape index (κ1) is 13.3. The highest BCUT2D eigenvalue weighted by Gasteiger charge is 2.11. The number of nitrogens with two attached hydrogens (primary N) is 1. The monoisotopic (exact) mass is 262 g/mol. The molecule has 2 aromatic rings. The normalized spacial score (nSPS) is 10.5. The van der Waals surface area contributed by atoms with Crippen LogP contribution in [0.25, 0.3) is 0 Å². The van der Waals surface area contributed by atoms with E-state index in [0.717, 1.165) is 0 Å². The van der Waals surface area contributed by atoms with Gasteiger partial charge in [-0.2, -0.15) is 0 Å². The van der Waals surface area contributed by atoms with E-state index in [-0.39, 0.29) is 11.6 Å². The van der Waals surface area contributed by atoms with Crippen molar-refractivity contribution in [3.05, 3.63) is 59.2 Å². The van der Waals surface area contributed by atoms with Gasteiger partial charge in [-0.3, -0.25) is 0 Å². The van der Waals surface area contributed by atoms with E-state index in [0.29, 0.717) is 29.0 Å². The summed E-state index contributed by atoms with van der Waals surface area (Å²) in [6, 6.07) is 9.54. The van der Waals surface area contributed by atoms with Crippen molar-refractivity contribution in [2.45, 2.75) is 13.5 Å². The summed E-state index contributed by atoms with van der Waals surface area (Å²) in [5.74, 6) is -0.590. The molecule has 0 saturated heterocycles. The van der Waals surface area contributed by atoms with Crippen molar-refractivity contribution < 1.29 is 8.78 Å². The molecule has 0 aliphatic rings. The van der Waals surface area contributed by atoms with Crippen LogP contribution in [0.4, 0.5) is 20.2 Å². The van der Waals surface area contributed by atoms with Gasteiger partial charge in [0.2, 0.25) is 0 Å². The summed E-state index contributed by atoms with van der Waals surface area (Å²) < 4.78 is 26.9. The Morgan fingerprint density at radius 2 is 1.79 bits per heavy atom. The number of hydrogen-bond donors (Lipinski definition) is 1. The van der Waals surface area contributed by atoms with Gasteiger partial charge in [-0.05, 0) is 30.7 Å². The lowest BCUT2D eigenvalue weighted by atomic mass is 10.1. The van der Waals surface area contributed by atoms with E-state index in [1.165, 1.54) is 12.1 Å². The standard InChI is InChI=1S/C15H16F2N2/c1-10-7-15(14(18)8-13(10)17)19(2)9-11-5-3-4-6-12(11)16/h3-8H,9,18H2,1-2H3. The largest absolute Gasteiger partial charge is 0.397 e. The van der Waals surface area contributed by atoms with Crippen molar-refractivity contribution in [1.29, 1.82) is 0 Å². The summed E-state index contributed by atoms with van der Waals surface area (Å²) in [6.07, 6.45) is 0. The summed E-state index contributed by atoms with van der Waals surface area (Å²) in [5.41, 5.74) is 7.95. The first-order valence-electron chi connectivity index (χ1n) is 5.99. The van der Waals surface area contributed by atoms with Crippen molar-refractivity contribution >= 4 is 11.4 Å². The van der Waals surface area contributed by atoms with Crippen LogP contribution in [-0.4, -0.2) is 7.05 Å². The van der Waals surface area contributed by atoms with Crippen molar-refractivity contribution in [2.75, 3.05) is 17.7 Å². The van der Waals surface area contributed by atoms with Crippen molar-refractivity contribution in [1.82, 2.24) is 0 Å². The summed E-state index contributed by atoms with van der Waals surface area (Å²) in [4.78, 5) is 1.81. The van der Waals surface area contributed by atoms with E-state index < -0.39 is 0 Å². The van der Waals surface area contributed by atoms with E-state index in [9.17, 15) is 8.78 Å². The van der Waals surface area contributed by atoms with Crippen LogP contribution in [0.1, 0.15) is 11.1 Å². The predicted molar refractivity (Wildman–Crippen MR) is 74.1 cm³/mol. The topological polar surface area (TPSA) is 29.3 Å². The first-order valence-corrected chi connectivity index (χ1v) is 5.99. The molecule has 0 bridgehead atoms. The summed E-state index contributed by atoms with van der Waals surface area (Å²) in [5, 5.41) is 0. The van der Waals surface area contributed by atoms with Crippen LogP contribution in [0.3, 0.4) is 0 Å². The Labute approximate surface area is 111 Å². The van der Waals surface area contributed by atoms with E-state index in [1.54, 1.807) is 43.1 Å². The molecule has 2 rings (SSSR count). The number of halogens is 2. The third-order valence-corrected chi connectivity index (χ3v) is 3.08. The molecule has 0 unspecified atom stereocenters. The van der Waals surface area contributed by atoms with E-state index >= 15 is 0 Å². The molecule has 2 N–H and O–H groups in total. The third-order valence-electron chi connectivity index (χ3n) is 3.08. The molecule has 0 aliphatic carbocycles. The van der Waals surface area contributed by atoms with Crippen LogP contribution in [0, 0.1) is 18.6 Å². The maximum Gasteiger partial charge on any atom is 0.128 e. The summed E-state index contributed by atoms with van der Waals surface area (Å²) >= 11 is 0. The molecular weight excluding hydrogens is 246 g/mol. The Morgan fingerprint density at radius 3 is 2.47 bits per heavy atom. The van der Waals surface area contributed by atoms with Gasteiger partial charge in [0, 0.05) is 19.2 Å². The fourth-order valence-corrected chi connectivity index (χ4v) is 1.98. The molecule has 4 heteroatoms. The van der Waals surface area contributed by atoms with E-state index in [1.807, 2.05) is 0 Å². The fraction of sp³-hybridized carbons (Fsp3) is 0.200. The van der Waals surface area contributed by atoms with Crippen LogP contribution in [0.5, 0.6) is 0 Å². The van der Waals surface area contributed by atoms with Crippen molar-refractivity contribution in [2.24, 2.45) is 0 Å². The zero-order chi connectivity index (χ0) is 14.0. The van der Waals surface area contributed by atoms with Crippen molar-refractivity contribution in [3.8, 4) is 0 Å². The van der Waals surface area contributed by atoms with Crippen LogP contribution in [-0.2, 0) is 6.54 Å². The maximum atomic E-state index is 13.6. The van der Waals surface area contributed by atoms with Gasteiger partial charge in [-0.1, -0.05) is 18.2 Å². The van der Waals surface area contributed by atoms with Gasteiger partial charge < -0.3 is 10.6 Å². The molecule has 0 atom stereocenters. The minimum atomic E-state index is -0.333. The number of anilines is 2. The molecule has 0 radical (unpaired) electrons. The maximum absolute atomic E-state index is 13.6. The highest BCUT2D eigenvalue weighted by Crippen LogP contribution is 2.27. The van der Waals surface area contributed by atoms with Crippen LogP contribution < -0.4 is 10.6 Å². The molecule has 0 aliphatic heterocycles.